The van der Waals surface area contributed by atoms with Crippen LogP contribution in [0.3, 0.4) is 0 Å². The van der Waals surface area contributed by atoms with Crippen LogP contribution in [0.4, 0.5) is 18.0 Å². The second-order valence-electron chi connectivity index (χ2n) is 9.28. The average Bonchev–Trinajstić information content (AvgIpc) is 2.85. The topological polar surface area (TPSA) is 96.2 Å². The van der Waals surface area contributed by atoms with Gasteiger partial charge in [-0.1, -0.05) is 49.4 Å². The number of nitrogens with two attached hydrogens (primary N) is 1. The average molecular weight is 535 g/mol. The summed E-state index contributed by atoms with van der Waals surface area (Å²) >= 11 is 0. The molecule has 4 rings (SSSR count). The number of halogens is 3. The van der Waals surface area contributed by atoms with Gasteiger partial charge >= 0.3 is 12.3 Å². The fourth-order valence-corrected chi connectivity index (χ4v) is 4.91. The molecule has 2 heterocycles. The van der Waals surface area contributed by atoms with Crippen molar-refractivity contribution in [3.63, 3.8) is 0 Å². The highest BCUT2D eigenvalue weighted by Gasteiger charge is 2.48. The van der Waals surface area contributed by atoms with Crippen LogP contribution in [0.5, 0.6) is 0 Å². The summed E-state index contributed by atoms with van der Waals surface area (Å²) in [6.07, 6.45) is -5.82. The summed E-state index contributed by atoms with van der Waals surface area (Å²) in [5.41, 5.74) is 6.43. The van der Waals surface area contributed by atoms with Crippen molar-refractivity contribution in [3.8, 4) is 0 Å². The largest absolute Gasteiger partial charge is 0.444 e. The minimum Gasteiger partial charge on any atom is -0.444 e. The number of nitrogens with zero attached hydrogens (tertiary/aromatic N) is 3. The van der Waals surface area contributed by atoms with E-state index in [1.54, 1.807) is 4.90 Å². The van der Waals surface area contributed by atoms with E-state index in [-0.39, 0.29) is 63.9 Å². The molecule has 2 atom stereocenters. The van der Waals surface area contributed by atoms with Gasteiger partial charge in [0.25, 0.3) is 0 Å². The number of hydrogen-bond acceptors (Lipinski definition) is 5. The molecule has 8 nitrogen and oxygen atoms in total. The van der Waals surface area contributed by atoms with E-state index in [0.717, 1.165) is 17.7 Å². The SMILES string of the molecule is C.Cc1cc(COC(=O)N2CCC(=O)N3C2CN(Cc2ccccc2)C(=O)[C@@H]3CCN)cc(C(F)(F)F)c1. The van der Waals surface area contributed by atoms with E-state index >= 15 is 0 Å². The summed E-state index contributed by atoms with van der Waals surface area (Å²) in [7, 11) is 0. The first-order valence-corrected chi connectivity index (χ1v) is 12.0. The normalized spacial score (nSPS) is 19.7. The molecule has 0 bridgehead atoms. The van der Waals surface area contributed by atoms with Gasteiger partial charge in [0.15, 0.2) is 0 Å². The summed E-state index contributed by atoms with van der Waals surface area (Å²) in [5.74, 6) is -0.498. The maximum atomic E-state index is 13.3. The summed E-state index contributed by atoms with van der Waals surface area (Å²) in [6, 6.07) is 12.0. The van der Waals surface area contributed by atoms with Gasteiger partial charge in [-0.05, 0) is 43.1 Å². The van der Waals surface area contributed by atoms with E-state index in [9.17, 15) is 27.6 Å². The van der Waals surface area contributed by atoms with Crippen molar-refractivity contribution in [2.24, 2.45) is 5.73 Å². The molecule has 2 aromatic rings. The van der Waals surface area contributed by atoms with Crippen LogP contribution >= 0.6 is 0 Å². The maximum absolute atomic E-state index is 13.3. The van der Waals surface area contributed by atoms with Gasteiger partial charge < -0.3 is 20.3 Å². The molecule has 0 radical (unpaired) electrons. The van der Waals surface area contributed by atoms with Crippen molar-refractivity contribution in [2.75, 3.05) is 19.6 Å². The number of fused-ring (bicyclic) bond motifs is 1. The quantitative estimate of drug-likeness (QED) is 0.607. The summed E-state index contributed by atoms with van der Waals surface area (Å²) in [5, 5.41) is 0. The van der Waals surface area contributed by atoms with E-state index in [1.165, 1.54) is 22.8 Å². The lowest BCUT2D eigenvalue weighted by molar-refractivity contribution is -0.168. The van der Waals surface area contributed by atoms with E-state index < -0.39 is 30.0 Å². The highest BCUT2D eigenvalue weighted by atomic mass is 19.4. The predicted molar refractivity (Wildman–Crippen MR) is 134 cm³/mol. The zero-order valence-corrected chi connectivity index (χ0v) is 20.4. The van der Waals surface area contributed by atoms with Crippen LogP contribution in [-0.2, 0) is 33.7 Å². The van der Waals surface area contributed by atoms with Crippen LogP contribution in [-0.4, -0.2) is 64.4 Å². The van der Waals surface area contributed by atoms with Crippen molar-refractivity contribution in [1.29, 1.82) is 0 Å². The summed E-state index contributed by atoms with van der Waals surface area (Å²) in [6.45, 7) is 1.80. The lowest BCUT2D eigenvalue weighted by Gasteiger charge is -2.51. The van der Waals surface area contributed by atoms with Gasteiger partial charge in [0, 0.05) is 19.5 Å². The Hall–Kier alpha value is -3.60. The van der Waals surface area contributed by atoms with Crippen LogP contribution in [0, 0.1) is 6.92 Å². The fourth-order valence-electron chi connectivity index (χ4n) is 4.91. The molecular formula is C27H33F3N4O4. The fraction of sp³-hybridized carbons (Fsp3) is 0.444. The molecule has 2 aliphatic heterocycles. The Morgan fingerprint density at radius 1 is 1.11 bits per heavy atom. The Morgan fingerprint density at radius 2 is 1.82 bits per heavy atom. The van der Waals surface area contributed by atoms with Crippen LogP contribution in [0.1, 0.15) is 42.5 Å². The number of hydrogen-bond donors (Lipinski definition) is 1. The molecular weight excluding hydrogens is 501 g/mol. The second kappa shape index (κ2) is 11.8. The second-order valence-corrected chi connectivity index (χ2v) is 9.28. The molecule has 0 saturated carbocycles. The maximum Gasteiger partial charge on any atom is 0.416 e. The Kier molecular flexibility index (Phi) is 9.03. The Balaban J connectivity index is 0.00000400. The molecule has 206 valence electrons. The van der Waals surface area contributed by atoms with Gasteiger partial charge in [0.1, 0.15) is 18.8 Å². The van der Waals surface area contributed by atoms with Gasteiger partial charge in [-0.2, -0.15) is 13.2 Å². The van der Waals surface area contributed by atoms with Gasteiger partial charge in [0.05, 0.1) is 12.1 Å². The van der Waals surface area contributed by atoms with Crippen LogP contribution in [0.2, 0.25) is 0 Å². The number of amides is 3. The van der Waals surface area contributed by atoms with Crippen LogP contribution in [0.15, 0.2) is 48.5 Å². The molecule has 2 aromatic carbocycles. The molecule has 0 aromatic heterocycles. The first kappa shape index (κ1) is 29.0. The molecule has 0 aliphatic carbocycles. The number of aryl methyl sites for hydroxylation is 1. The smallest absolute Gasteiger partial charge is 0.416 e. The lowest BCUT2D eigenvalue weighted by Crippen LogP contribution is -2.71. The third-order valence-corrected chi connectivity index (χ3v) is 6.57. The highest BCUT2D eigenvalue weighted by molar-refractivity contribution is 5.90. The van der Waals surface area contributed by atoms with Crippen LogP contribution < -0.4 is 5.73 Å². The van der Waals surface area contributed by atoms with Gasteiger partial charge in [-0.25, -0.2) is 4.79 Å². The Labute approximate surface area is 220 Å². The number of ether oxygens (including phenoxy) is 1. The van der Waals surface area contributed by atoms with E-state index in [0.29, 0.717) is 12.1 Å². The monoisotopic (exact) mass is 534 g/mol. The van der Waals surface area contributed by atoms with Gasteiger partial charge in [-0.15, -0.1) is 0 Å². The molecule has 11 heteroatoms. The van der Waals surface area contributed by atoms with Crippen molar-refractivity contribution in [2.45, 2.75) is 58.7 Å². The number of rotatable bonds is 6. The van der Waals surface area contributed by atoms with E-state index in [1.807, 2.05) is 30.3 Å². The molecule has 2 fully saturated rings. The first-order chi connectivity index (χ1) is 17.6. The van der Waals surface area contributed by atoms with Crippen molar-refractivity contribution < 1.29 is 32.3 Å². The number of benzene rings is 2. The van der Waals surface area contributed by atoms with Crippen molar-refractivity contribution in [1.82, 2.24) is 14.7 Å². The summed E-state index contributed by atoms with van der Waals surface area (Å²) < 4.78 is 45.0. The molecule has 0 spiro atoms. The Morgan fingerprint density at radius 3 is 2.47 bits per heavy atom. The number of carbonyl (C=O) groups is 3. The standard InChI is InChI=1S/C26H29F3N4O4.CH4/c1-17-11-19(13-20(12-17)26(27,28)29)16-37-25(36)32-10-8-23(34)33-21(7-9-30)24(35)31(15-22(32)33)14-18-5-3-2-4-6-18;/h2-6,11-13,21-22H,7-10,14-16,30H2,1H3;1H4/t21-,22?;/m0./s1. The van der Waals surface area contributed by atoms with Crippen molar-refractivity contribution >= 4 is 17.9 Å². The zero-order chi connectivity index (χ0) is 26.7. The number of piperazine rings is 1. The minimum atomic E-state index is -4.52. The molecule has 2 saturated heterocycles. The highest BCUT2D eigenvalue weighted by Crippen LogP contribution is 2.31. The first-order valence-electron chi connectivity index (χ1n) is 12.0. The number of alkyl halides is 3. The third-order valence-electron chi connectivity index (χ3n) is 6.57. The van der Waals surface area contributed by atoms with E-state index in [2.05, 4.69) is 0 Å². The molecule has 2 aliphatic rings. The lowest BCUT2D eigenvalue weighted by atomic mass is 10.0. The molecule has 3 amide bonds. The molecule has 2 N–H and O–H groups in total. The third kappa shape index (κ3) is 6.27. The molecule has 1 unspecified atom stereocenters. The Bertz CT molecular complexity index is 1160. The van der Waals surface area contributed by atoms with E-state index in [4.69, 9.17) is 10.5 Å². The van der Waals surface area contributed by atoms with Gasteiger partial charge in [0.2, 0.25) is 11.8 Å². The van der Waals surface area contributed by atoms with Gasteiger partial charge in [-0.3, -0.25) is 14.5 Å². The van der Waals surface area contributed by atoms with Crippen LogP contribution in [0.25, 0.3) is 0 Å². The predicted octanol–water partition coefficient (Wildman–Crippen LogP) is 3.91. The minimum absolute atomic E-state index is 0. The zero-order valence-electron chi connectivity index (χ0n) is 20.4. The summed E-state index contributed by atoms with van der Waals surface area (Å²) in [4.78, 5) is 43.7. The van der Waals surface area contributed by atoms with Crippen molar-refractivity contribution in [3.05, 3.63) is 70.8 Å². The molecule has 38 heavy (non-hydrogen) atoms. The number of carbonyl (C=O) groups excluding carboxylic acids is 3.